The number of aryl methyl sites for hydroxylation is 1. The average Bonchev–Trinajstić information content (AvgIpc) is 2.34. The number of hydrogen-bond acceptors (Lipinski definition) is 3. The Morgan fingerprint density at radius 3 is 2.91 bits per heavy atom. The van der Waals surface area contributed by atoms with Gasteiger partial charge < -0.3 is 9.84 Å². The van der Waals surface area contributed by atoms with Crippen molar-refractivity contribution in [3.63, 3.8) is 0 Å². The van der Waals surface area contributed by atoms with Crippen LogP contribution >= 0.6 is 11.3 Å². The SMILES string of the molecule is CCc1ccc(OC(=O)O)s1. The lowest BCUT2D eigenvalue weighted by Crippen LogP contribution is -2.00. The van der Waals surface area contributed by atoms with E-state index in [0.29, 0.717) is 5.06 Å². The maximum absolute atomic E-state index is 10.1. The molecule has 0 aliphatic heterocycles. The molecule has 60 valence electrons. The predicted octanol–water partition coefficient (Wildman–Crippen LogP) is 2.37. The average molecular weight is 172 g/mol. The fourth-order valence-electron chi connectivity index (χ4n) is 0.689. The van der Waals surface area contributed by atoms with Crippen LogP contribution in [0.2, 0.25) is 0 Å². The fourth-order valence-corrected chi connectivity index (χ4v) is 1.48. The number of thiophene rings is 1. The Morgan fingerprint density at radius 1 is 1.73 bits per heavy atom. The van der Waals surface area contributed by atoms with E-state index in [4.69, 9.17) is 5.11 Å². The zero-order valence-electron chi connectivity index (χ0n) is 6.03. The molecule has 0 fully saturated rings. The van der Waals surface area contributed by atoms with Crippen molar-refractivity contribution < 1.29 is 14.6 Å². The molecular formula is C7H8O3S. The molecule has 3 nitrogen and oxygen atoms in total. The lowest BCUT2D eigenvalue weighted by molar-refractivity contribution is 0.146. The number of carboxylic acid groups (broad SMARTS) is 1. The number of rotatable bonds is 2. The van der Waals surface area contributed by atoms with Crippen molar-refractivity contribution in [2.24, 2.45) is 0 Å². The number of carbonyl (C=O) groups is 1. The molecule has 1 rings (SSSR count). The largest absolute Gasteiger partial charge is 0.512 e. The highest BCUT2D eigenvalue weighted by atomic mass is 32.1. The van der Waals surface area contributed by atoms with Gasteiger partial charge in [0.15, 0.2) is 5.06 Å². The molecule has 4 heteroatoms. The van der Waals surface area contributed by atoms with Gasteiger partial charge in [0.2, 0.25) is 0 Å². The summed E-state index contributed by atoms with van der Waals surface area (Å²) in [5.74, 6) is 0. The van der Waals surface area contributed by atoms with E-state index in [1.807, 2.05) is 13.0 Å². The highest BCUT2D eigenvalue weighted by molar-refractivity contribution is 7.13. The first kappa shape index (κ1) is 8.07. The molecule has 1 heterocycles. The van der Waals surface area contributed by atoms with E-state index in [1.54, 1.807) is 6.07 Å². The lowest BCUT2D eigenvalue weighted by atomic mass is 10.4. The van der Waals surface area contributed by atoms with Crippen molar-refractivity contribution in [3.8, 4) is 5.06 Å². The number of ether oxygens (including phenoxy) is 1. The van der Waals surface area contributed by atoms with E-state index in [2.05, 4.69) is 4.74 Å². The molecule has 0 saturated heterocycles. The first-order chi connectivity index (χ1) is 5.22. The van der Waals surface area contributed by atoms with Crippen molar-refractivity contribution in [1.29, 1.82) is 0 Å². The van der Waals surface area contributed by atoms with Gasteiger partial charge in [0.1, 0.15) is 0 Å². The molecule has 0 atom stereocenters. The first-order valence-corrected chi connectivity index (χ1v) is 4.03. The van der Waals surface area contributed by atoms with E-state index < -0.39 is 6.16 Å². The van der Waals surface area contributed by atoms with Gasteiger partial charge in [0.05, 0.1) is 0 Å². The topological polar surface area (TPSA) is 46.5 Å². The molecular weight excluding hydrogens is 164 g/mol. The van der Waals surface area contributed by atoms with Crippen molar-refractivity contribution in [3.05, 3.63) is 17.0 Å². The Kier molecular flexibility index (Phi) is 2.48. The van der Waals surface area contributed by atoms with Gasteiger partial charge in [0, 0.05) is 4.88 Å². The van der Waals surface area contributed by atoms with Crippen LogP contribution in [-0.2, 0) is 6.42 Å². The molecule has 1 aromatic rings. The normalized spacial score (nSPS) is 9.55. The standard InChI is InChI=1S/C7H8O3S/c1-2-5-3-4-6(11-5)10-7(8)9/h3-4H,2H2,1H3,(H,8,9). The monoisotopic (exact) mass is 172 g/mol. The molecule has 0 aliphatic rings. The summed E-state index contributed by atoms with van der Waals surface area (Å²) >= 11 is 1.36. The van der Waals surface area contributed by atoms with E-state index in [-0.39, 0.29) is 0 Å². The van der Waals surface area contributed by atoms with E-state index in [0.717, 1.165) is 11.3 Å². The van der Waals surface area contributed by atoms with Crippen LogP contribution in [0.4, 0.5) is 4.79 Å². The molecule has 0 radical (unpaired) electrons. The van der Waals surface area contributed by atoms with Gasteiger partial charge in [0.25, 0.3) is 0 Å². The van der Waals surface area contributed by atoms with Gasteiger partial charge in [-0.15, -0.1) is 11.3 Å². The van der Waals surface area contributed by atoms with Gasteiger partial charge in [-0.25, -0.2) is 4.79 Å². The molecule has 1 N–H and O–H groups in total. The third kappa shape index (κ3) is 2.23. The molecule has 1 aromatic heterocycles. The Balaban J connectivity index is 2.65. The second kappa shape index (κ2) is 3.39. The molecule has 11 heavy (non-hydrogen) atoms. The van der Waals surface area contributed by atoms with Gasteiger partial charge >= 0.3 is 6.16 Å². The first-order valence-electron chi connectivity index (χ1n) is 3.22. The van der Waals surface area contributed by atoms with Crippen LogP contribution in [-0.4, -0.2) is 11.3 Å². The summed E-state index contributed by atoms with van der Waals surface area (Å²) in [5, 5.41) is 8.67. The maximum Gasteiger partial charge on any atom is 0.512 e. The van der Waals surface area contributed by atoms with Crippen LogP contribution < -0.4 is 4.74 Å². The second-order valence-electron chi connectivity index (χ2n) is 1.94. The van der Waals surface area contributed by atoms with Crippen LogP contribution in [0.1, 0.15) is 11.8 Å². The van der Waals surface area contributed by atoms with E-state index >= 15 is 0 Å². The minimum Gasteiger partial charge on any atom is -0.449 e. The summed E-state index contributed by atoms with van der Waals surface area (Å²) in [6.07, 6.45) is -0.345. The molecule has 0 unspecified atom stereocenters. The summed E-state index contributed by atoms with van der Waals surface area (Å²) in [5.41, 5.74) is 0. The van der Waals surface area contributed by atoms with Gasteiger partial charge in [-0.3, -0.25) is 0 Å². The summed E-state index contributed by atoms with van der Waals surface area (Å²) < 4.78 is 4.43. The molecule has 0 amide bonds. The van der Waals surface area contributed by atoms with Gasteiger partial charge in [-0.1, -0.05) is 6.92 Å². The van der Waals surface area contributed by atoms with Gasteiger partial charge in [-0.2, -0.15) is 0 Å². The molecule has 0 aliphatic carbocycles. The van der Waals surface area contributed by atoms with E-state index in [1.165, 1.54) is 11.3 Å². The van der Waals surface area contributed by atoms with Crippen LogP contribution in [0.3, 0.4) is 0 Å². The quantitative estimate of drug-likeness (QED) is 0.696. The second-order valence-corrected chi connectivity index (χ2v) is 3.07. The van der Waals surface area contributed by atoms with Crippen LogP contribution in [0.5, 0.6) is 5.06 Å². The van der Waals surface area contributed by atoms with Crippen LogP contribution in [0.25, 0.3) is 0 Å². The fraction of sp³-hybridized carbons (Fsp3) is 0.286. The Bertz CT molecular complexity index is 254. The lowest BCUT2D eigenvalue weighted by Gasteiger charge is -1.91. The zero-order chi connectivity index (χ0) is 8.27. The molecule has 0 spiro atoms. The van der Waals surface area contributed by atoms with E-state index in [9.17, 15) is 4.79 Å². The van der Waals surface area contributed by atoms with Gasteiger partial charge in [-0.05, 0) is 18.6 Å². The molecule has 0 bridgehead atoms. The predicted molar refractivity (Wildman–Crippen MR) is 42.3 cm³/mol. The van der Waals surface area contributed by atoms with Crippen molar-refractivity contribution >= 4 is 17.5 Å². The zero-order valence-corrected chi connectivity index (χ0v) is 6.85. The van der Waals surface area contributed by atoms with Crippen molar-refractivity contribution in [1.82, 2.24) is 0 Å². The minimum atomic E-state index is -1.26. The Morgan fingerprint density at radius 2 is 2.45 bits per heavy atom. The highest BCUT2D eigenvalue weighted by Gasteiger charge is 2.02. The van der Waals surface area contributed by atoms with Crippen molar-refractivity contribution in [2.45, 2.75) is 13.3 Å². The molecule has 0 aromatic carbocycles. The Hall–Kier alpha value is -1.03. The minimum absolute atomic E-state index is 0.439. The summed E-state index contributed by atoms with van der Waals surface area (Å²) in [6, 6.07) is 3.53. The highest BCUT2D eigenvalue weighted by Crippen LogP contribution is 2.24. The summed E-state index contributed by atoms with van der Waals surface area (Å²) in [7, 11) is 0. The third-order valence-corrected chi connectivity index (χ3v) is 2.28. The van der Waals surface area contributed by atoms with Crippen LogP contribution in [0.15, 0.2) is 12.1 Å². The maximum atomic E-state index is 10.1. The third-order valence-electron chi connectivity index (χ3n) is 1.17. The number of hydrogen-bond donors (Lipinski definition) is 1. The summed E-state index contributed by atoms with van der Waals surface area (Å²) in [4.78, 5) is 11.2. The summed E-state index contributed by atoms with van der Waals surface area (Å²) in [6.45, 7) is 2.01. The molecule has 0 saturated carbocycles. The van der Waals surface area contributed by atoms with Crippen LogP contribution in [0, 0.1) is 0 Å². The Labute approximate surface area is 68.2 Å². The smallest absolute Gasteiger partial charge is 0.449 e. The van der Waals surface area contributed by atoms with Crippen molar-refractivity contribution in [2.75, 3.05) is 0 Å².